The summed E-state index contributed by atoms with van der Waals surface area (Å²) in [6.45, 7) is 4.08. The maximum atomic E-state index is 12.4. The van der Waals surface area contributed by atoms with Crippen LogP contribution in [-0.2, 0) is 9.53 Å². The molecule has 2 N–H and O–H groups in total. The van der Waals surface area contributed by atoms with Gasteiger partial charge < -0.3 is 15.4 Å². The van der Waals surface area contributed by atoms with Gasteiger partial charge in [-0.2, -0.15) is 0 Å². The van der Waals surface area contributed by atoms with Crippen LogP contribution in [0.3, 0.4) is 0 Å². The highest BCUT2D eigenvalue weighted by Gasteiger charge is 2.20. The van der Waals surface area contributed by atoms with Crippen LogP contribution in [-0.4, -0.2) is 44.2 Å². The average Bonchev–Trinajstić information content (AvgIpc) is 2.43. The van der Waals surface area contributed by atoms with Crippen LogP contribution < -0.4 is 5.73 Å². The molecule has 0 radical (unpaired) electrons. The average molecular weight is 250 g/mol. The number of nitrogens with two attached hydrogens (primary N) is 1. The maximum absolute atomic E-state index is 12.4. The van der Waals surface area contributed by atoms with E-state index in [0.717, 1.165) is 5.56 Å². The zero-order valence-electron chi connectivity index (χ0n) is 11.1. The molecule has 1 aromatic carbocycles. The number of ether oxygens (including phenoxy) is 1. The Balaban J connectivity index is 2.69. The van der Waals surface area contributed by atoms with Crippen LogP contribution >= 0.6 is 0 Å². The van der Waals surface area contributed by atoms with E-state index < -0.39 is 0 Å². The van der Waals surface area contributed by atoms with Crippen LogP contribution in [0, 0.1) is 0 Å². The number of methoxy groups -OCH3 is 1. The Bertz CT molecular complexity index is 354. The van der Waals surface area contributed by atoms with Crippen molar-refractivity contribution in [2.24, 2.45) is 5.73 Å². The van der Waals surface area contributed by atoms with E-state index in [2.05, 4.69) is 0 Å². The van der Waals surface area contributed by atoms with Crippen molar-refractivity contribution in [3.05, 3.63) is 35.9 Å². The van der Waals surface area contributed by atoms with Crippen LogP contribution in [0.15, 0.2) is 30.3 Å². The van der Waals surface area contributed by atoms with Crippen LogP contribution in [0.4, 0.5) is 0 Å². The molecule has 0 bridgehead atoms. The van der Waals surface area contributed by atoms with Crippen molar-refractivity contribution in [1.82, 2.24) is 4.90 Å². The number of carbonyl (C=O) groups excluding carboxylic acids is 1. The van der Waals surface area contributed by atoms with E-state index >= 15 is 0 Å². The molecule has 1 aromatic rings. The molecule has 0 aliphatic rings. The molecular formula is C14H22N2O2. The van der Waals surface area contributed by atoms with Gasteiger partial charge in [0.2, 0.25) is 5.91 Å². The fourth-order valence-corrected chi connectivity index (χ4v) is 1.85. The standard InChI is InChI=1S/C14H22N2O2/c1-12(13-6-4-3-5-7-13)14(17)16(9-8-15)10-11-18-2/h3-7,12H,8-11,15H2,1-2H3. The minimum atomic E-state index is -0.144. The highest BCUT2D eigenvalue weighted by atomic mass is 16.5. The molecule has 1 unspecified atom stereocenters. The molecule has 0 heterocycles. The van der Waals surface area contributed by atoms with Crippen molar-refractivity contribution in [3.8, 4) is 0 Å². The fraction of sp³-hybridized carbons (Fsp3) is 0.500. The van der Waals surface area contributed by atoms with E-state index in [-0.39, 0.29) is 11.8 Å². The van der Waals surface area contributed by atoms with Crippen molar-refractivity contribution in [2.75, 3.05) is 33.4 Å². The Morgan fingerprint density at radius 1 is 1.33 bits per heavy atom. The zero-order chi connectivity index (χ0) is 13.4. The first-order chi connectivity index (χ1) is 8.70. The van der Waals surface area contributed by atoms with Crippen molar-refractivity contribution < 1.29 is 9.53 Å². The fourth-order valence-electron chi connectivity index (χ4n) is 1.85. The first kappa shape index (κ1) is 14.7. The number of amides is 1. The van der Waals surface area contributed by atoms with Gasteiger partial charge in [0.1, 0.15) is 0 Å². The number of hydrogen-bond donors (Lipinski definition) is 1. The van der Waals surface area contributed by atoms with E-state index in [4.69, 9.17) is 10.5 Å². The Morgan fingerprint density at radius 2 is 2.00 bits per heavy atom. The summed E-state index contributed by atoms with van der Waals surface area (Å²) in [5.74, 6) is -0.0432. The summed E-state index contributed by atoms with van der Waals surface area (Å²) in [4.78, 5) is 14.1. The monoisotopic (exact) mass is 250 g/mol. The highest BCUT2D eigenvalue weighted by molar-refractivity contribution is 5.83. The van der Waals surface area contributed by atoms with E-state index in [9.17, 15) is 4.79 Å². The van der Waals surface area contributed by atoms with E-state index in [0.29, 0.717) is 26.2 Å². The van der Waals surface area contributed by atoms with Gasteiger partial charge in [-0.1, -0.05) is 30.3 Å². The van der Waals surface area contributed by atoms with Gasteiger partial charge in [0.15, 0.2) is 0 Å². The molecule has 1 amide bonds. The maximum Gasteiger partial charge on any atom is 0.229 e. The van der Waals surface area contributed by atoms with Crippen molar-refractivity contribution >= 4 is 5.91 Å². The van der Waals surface area contributed by atoms with Gasteiger partial charge in [-0.25, -0.2) is 0 Å². The molecule has 1 atom stereocenters. The molecule has 4 nitrogen and oxygen atoms in total. The van der Waals surface area contributed by atoms with Crippen molar-refractivity contribution in [2.45, 2.75) is 12.8 Å². The number of nitrogens with zero attached hydrogens (tertiary/aromatic N) is 1. The zero-order valence-corrected chi connectivity index (χ0v) is 11.1. The van der Waals surface area contributed by atoms with Gasteiger partial charge in [0, 0.05) is 26.7 Å². The number of rotatable bonds is 7. The molecule has 18 heavy (non-hydrogen) atoms. The first-order valence-corrected chi connectivity index (χ1v) is 6.23. The lowest BCUT2D eigenvalue weighted by Crippen LogP contribution is -2.39. The lowest BCUT2D eigenvalue weighted by molar-refractivity contribution is -0.133. The minimum absolute atomic E-state index is 0.101. The second kappa shape index (κ2) is 7.84. The number of benzene rings is 1. The lowest BCUT2D eigenvalue weighted by Gasteiger charge is -2.25. The Morgan fingerprint density at radius 3 is 2.56 bits per heavy atom. The molecule has 4 heteroatoms. The third-order valence-electron chi connectivity index (χ3n) is 2.95. The topological polar surface area (TPSA) is 55.6 Å². The number of hydrogen-bond acceptors (Lipinski definition) is 3. The molecule has 0 saturated heterocycles. The van der Waals surface area contributed by atoms with Crippen LogP contribution in [0.2, 0.25) is 0 Å². The predicted molar refractivity (Wildman–Crippen MR) is 72.4 cm³/mol. The van der Waals surface area contributed by atoms with E-state index in [1.807, 2.05) is 37.3 Å². The summed E-state index contributed by atoms with van der Waals surface area (Å²) in [7, 11) is 1.63. The van der Waals surface area contributed by atoms with Crippen LogP contribution in [0.1, 0.15) is 18.4 Å². The predicted octanol–water partition coefficient (Wildman–Crippen LogP) is 1.22. The molecule has 0 spiro atoms. The quantitative estimate of drug-likeness (QED) is 0.791. The van der Waals surface area contributed by atoms with Gasteiger partial charge >= 0.3 is 0 Å². The van der Waals surface area contributed by atoms with E-state index in [1.54, 1.807) is 12.0 Å². The molecule has 0 fully saturated rings. The summed E-state index contributed by atoms with van der Waals surface area (Å²) in [6, 6.07) is 9.78. The van der Waals surface area contributed by atoms with Crippen LogP contribution in [0.5, 0.6) is 0 Å². The molecule has 0 saturated carbocycles. The summed E-state index contributed by atoms with van der Waals surface area (Å²) in [6.07, 6.45) is 0. The summed E-state index contributed by atoms with van der Waals surface area (Å²) < 4.78 is 5.02. The second-order valence-electron chi connectivity index (χ2n) is 4.24. The summed E-state index contributed by atoms with van der Waals surface area (Å²) in [5.41, 5.74) is 6.57. The first-order valence-electron chi connectivity index (χ1n) is 6.23. The molecule has 100 valence electrons. The van der Waals surface area contributed by atoms with Gasteiger partial charge in [0.05, 0.1) is 12.5 Å². The summed E-state index contributed by atoms with van der Waals surface area (Å²) in [5, 5.41) is 0. The number of carbonyl (C=O) groups is 1. The largest absolute Gasteiger partial charge is 0.383 e. The Kier molecular flexibility index (Phi) is 6.39. The van der Waals surface area contributed by atoms with Gasteiger partial charge in [-0.15, -0.1) is 0 Å². The second-order valence-corrected chi connectivity index (χ2v) is 4.24. The smallest absolute Gasteiger partial charge is 0.229 e. The lowest BCUT2D eigenvalue weighted by atomic mass is 10.00. The molecule has 0 aliphatic heterocycles. The third-order valence-corrected chi connectivity index (χ3v) is 2.95. The molecule has 1 rings (SSSR count). The van der Waals surface area contributed by atoms with E-state index in [1.165, 1.54) is 0 Å². The molecule has 0 aliphatic carbocycles. The van der Waals surface area contributed by atoms with Crippen molar-refractivity contribution in [3.63, 3.8) is 0 Å². The highest BCUT2D eigenvalue weighted by Crippen LogP contribution is 2.17. The third kappa shape index (κ3) is 4.13. The SMILES string of the molecule is COCCN(CCN)C(=O)C(C)c1ccccc1. The normalized spacial score (nSPS) is 12.2. The van der Waals surface area contributed by atoms with Gasteiger partial charge in [-0.3, -0.25) is 4.79 Å². The Labute approximate surface area is 109 Å². The van der Waals surface area contributed by atoms with Crippen LogP contribution in [0.25, 0.3) is 0 Å². The van der Waals surface area contributed by atoms with Crippen molar-refractivity contribution in [1.29, 1.82) is 0 Å². The summed E-state index contributed by atoms with van der Waals surface area (Å²) >= 11 is 0. The van der Waals surface area contributed by atoms with Gasteiger partial charge in [-0.05, 0) is 12.5 Å². The Hall–Kier alpha value is -1.39. The molecular weight excluding hydrogens is 228 g/mol. The van der Waals surface area contributed by atoms with Gasteiger partial charge in [0.25, 0.3) is 0 Å². The minimum Gasteiger partial charge on any atom is -0.383 e. The molecule has 0 aromatic heterocycles.